The van der Waals surface area contributed by atoms with Crippen LogP contribution in [0.15, 0.2) is 12.1 Å². The molecule has 1 aromatic carbocycles. The normalized spacial score (nSPS) is 17.8. The standard InChI is InChI=1S/C15H16O4S/c1-18-9-6-11(19-2)14-10-4-3-8(15(16)17)5-12(10)20-13(14)7-9/h6-8H,3-5H2,1-2H3,(H,16,17). The fourth-order valence-corrected chi connectivity index (χ4v) is 4.22. The van der Waals surface area contributed by atoms with Crippen LogP contribution in [0.5, 0.6) is 11.5 Å². The maximum Gasteiger partial charge on any atom is 0.306 e. The van der Waals surface area contributed by atoms with Gasteiger partial charge in [-0.05, 0) is 30.9 Å². The van der Waals surface area contributed by atoms with Crippen molar-refractivity contribution in [2.45, 2.75) is 19.3 Å². The van der Waals surface area contributed by atoms with Gasteiger partial charge in [0.25, 0.3) is 0 Å². The Kier molecular flexibility index (Phi) is 3.30. The number of methoxy groups -OCH3 is 2. The highest BCUT2D eigenvalue weighted by Crippen LogP contribution is 2.44. The number of benzene rings is 1. The molecule has 106 valence electrons. The first-order valence-electron chi connectivity index (χ1n) is 6.53. The predicted octanol–water partition coefficient (Wildman–Crippen LogP) is 3.11. The largest absolute Gasteiger partial charge is 0.497 e. The lowest BCUT2D eigenvalue weighted by atomic mass is 9.87. The number of aryl methyl sites for hydroxylation is 1. The lowest BCUT2D eigenvalue weighted by Gasteiger charge is -2.18. The molecule has 4 nitrogen and oxygen atoms in total. The molecule has 1 heterocycles. The Morgan fingerprint density at radius 2 is 2.15 bits per heavy atom. The van der Waals surface area contributed by atoms with Gasteiger partial charge in [0, 0.05) is 21.0 Å². The molecule has 0 amide bonds. The van der Waals surface area contributed by atoms with E-state index >= 15 is 0 Å². The van der Waals surface area contributed by atoms with Crippen LogP contribution in [0.3, 0.4) is 0 Å². The summed E-state index contributed by atoms with van der Waals surface area (Å²) in [6.07, 6.45) is 2.12. The van der Waals surface area contributed by atoms with Gasteiger partial charge in [0.15, 0.2) is 0 Å². The Labute approximate surface area is 120 Å². The summed E-state index contributed by atoms with van der Waals surface area (Å²) >= 11 is 1.66. The zero-order chi connectivity index (χ0) is 14.3. The van der Waals surface area contributed by atoms with Crippen LogP contribution in [0.1, 0.15) is 16.9 Å². The molecule has 0 fully saturated rings. The van der Waals surface area contributed by atoms with Gasteiger partial charge in [-0.15, -0.1) is 11.3 Å². The van der Waals surface area contributed by atoms with Gasteiger partial charge < -0.3 is 14.6 Å². The number of thiophene rings is 1. The molecule has 0 spiro atoms. The summed E-state index contributed by atoms with van der Waals surface area (Å²) in [6.45, 7) is 0. The summed E-state index contributed by atoms with van der Waals surface area (Å²) in [6, 6.07) is 3.88. The molecule has 0 aliphatic heterocycles. The third kappa shape index (κ3) is 2.02. The van der Waals surface area contributed by atoms with E-state index in [1.807, 2.05) is 12.1 Å². The number of carboxylic acid groups (broad SMARTS) is 1. The Hall–Kier alpha value is -1.75. The van der Waals surface area contributed by atoms with Crippen molar-refractivity contribution in [1.29, 1.82) is 0 Å². The van der Waals surface area contributed by atoms with Gasteiger partial charge >= 0.3 is 5.97 Å². The Bertz CT molecular complexity index is 674. The highest BCUT2D eigenvalue weighted by molar-refractivity contribution is 7.19. The van der Waals surface area contributed by atoms with Gasteiger partial charge in [-0.2, -0.15) is 0 Å². The SMILES string of the molecule is COc1cc(OC)c2c3c(sc2c1)CC(C(=O)O)CC3. The number of fused-ring (bicyclic) bond motifs is 3. The summed E-state index contributed by atoms with van der Waals surface area (Å²) in [5, 5.41) is 10.3. The van der Waals surface area contributed by atoms with Crippen LogP contribution in [0.4, 0.5) is 0 Å². The minimum absolute atomic E-state index is 0.261. The van der Waals surface area contributed by atoms with Gasteiger partial charge in [0.2, 0.25) is 0 Å². The predicted molar refractivity (Wildman–Crippen MR) is 78.1 cm³/mol. The van der Waals surface area contributed by atoms with Gasteiger partial charge in [0.05, 0.1) is 20.1 Å². The van der Waals surface area contributed by atoms with E-state index in [0.29, 0.717) is 12.8 Å². The van der Waals surface area contributed by atoms with E-state index < -0.39 is 5.97 Å². The van der Waals surface area contributed by atoms with E-state index in [4.69, 9.17) is 9.47 Å². The summed E-state index contributed by atoms with van der Waals surface area (Å²) in [7, 11) is 3.29. The number of hydrogen-bond acceptors (Lipinski definition) is 4. The van der Waals surface area contributed by atoms with Crippen LogP contribution in [-0.2, 0) is 17.6 Å². The van der Waals surface area contributed by atoms with E-state index in [0.717, 1.165) is 28.0 Å². The smallest absolute Gasteiger partial charge is 0.306 e. The Balaban J connectivity index is 2.15. The third-order valence-electron chi connectivity index (χ3n) is 3.89. The summed E-state index contributed by atoms with van der Waals surface area (Å²) in [5.41, 5.74) is 1.25. The number of rotatable bonds is 3. The maximum absolute atomic E-state index is 11.2. The molecule has 1 unspecified atom stereocenters. The summed E-state index contributed by atoms with van der Waals surface area (Å²) < 4.78 is 11.9. The fraction of sp³-hybridized carbons (Fsp3) is 0.400. The quantitative estimate of drug-likeness (QED) is 0.944. The minimum atomic E-state index is -0.697. The van der Waals surface area contributed by atoms with E-state index in [9.17, 15) is 9.90 Å². The van der Waals surface area contributed by atoms with Gasteiger partial charge in [-0.1, -0.05) is 0 Å². The molecule has 1 atom stereocenters. The lowest BCUT2D eigenvalue weighted by Crippen LogP contribution is -2.20. The second kappa shape index (κ2) is 4.98. The van der Waals surface area contributed by atoms with E-state index in [-0.39, 0.29) is 5.92 Å². The van der Waals surface area contributed by atoms with Crippen LogP contribution >= 0.6 is 11.3 Å². The molecule has 0 bridgehead atoms. The molecule has 5 heteroatoms. The van der Waals surface area contributed by atoms with Crippen LogP contribution in [0.2, 0.25) is 0 Å². The molecule has 1 aromatic heterocycles. The number of ether oxygens (including phenoxy) is 2. The van der Waals surface area contributed by atoms with Crippen LogP contribution in [-0.4, -0.2) is 25.3 Å². The van der Waals surface area contributed by atoms with E-state index in [1.165, 1.54) is 10.4 Å². The molecular formula is C15H16O4S. The molecule has 3 rings (SSSR count). The van der Waals surface area contributed by atoms with Crippen LogP contribution in [0, 0.1) is 5.92 Å². The van der Waals surface area contributed by atoms with Crippen molar-refractivity contribution >= 4 is 27.4 Å². The molecule has 1 aliphatic carbocycles. The number of hydrogen-bond donors (Lipinski definition) is 1. The van der Waals surface area contributed by atoms with Crippen LogP contribution in [0.25, 0.3) is 10.1 Å². The van der Waals surface area contributed by atoms with Gasteiger partial charge in [0.1, 0.15) is 11.5 Å². The highest BCUT2D eigenvalue weighted by atomic mass is 32.1. The van der Waals surface area contributed by atoms with Crippen molar-refractivity contribution in [3.63, 3.8) is 0 Å². The molecule has 0 radical (unpaired) electrons. The summed E-state index contributed by atoms with van der Waals surface area (Å²) in [4.78, 5) is 12.3. The number of carboxylic acids is 1. The average molecular weight is 292 g/mol. The zero-order valence-corrected chi connectivity index (χ0v) is 12.3. The second-order valence-electron chi connectivity index (χ2n) is 4.98. The minimum Gasteiger partial charge on any atom is -0.497 e. The van der Waals surface area contributed by atoms with Crippen molar-refractivity contribution in [2.75, 3.05) is 14.2 Å². The molecule has 0 saturated heterocycles. The highest BCUT2D eigenvalue weighted by Gasteiger charge is 2.28. The first-order valence-corrected chi connectivity index (χ1v) is 7.34. The number of carbonyl (C=O) groups is 1. The summed E-state index contributed by atoms with van der Waals surface area (Å²) in [5.74, 6) is 0.620. The number of aliphatic carboxylic acids is 1. The first kappa shape index (κ1) is 13.2. The Morgan fingerprint density at radius 3 is 2.80 bits per heavy atom. The first-order chi connectivity index (χ1) is 9.63. The van der Waals surface area contributed by atoms with Gasteiger partial charge in [-0.25, -0.2) is 0 Å². The molecule has 2 aromatic rings. The van der Waals surface area contributed by atoms with Crippen molar-refractivity contribution in [2.24, 2.45) is 5.92 Å². The van der Waals surface area contributed by atoms with E-state index in [1.54, 1.807) is 25.6 Å². The average Bonchev–Trinajstić information content (AvgIpc) is 2.83. The molecule has 1 N–H and O–H groups in total. The monoisotopic (exact) mass is 292 g/mol. The van der Waals surface area contributed by atoms with Crippen molar-refractivity contribution in [3.8, 4) is 11.5 Å². The molecule has 20 heavy (non-hydrogen) atoms. The van der Waals surface area contributed by atoms with Crippen LogP contribution < -0.4 is 9.47 Å². The van der Waals surface area contributed by atoms with Crippen molar-refractivity contribution in [1.82, 2.24) is 0 Å². The lowest BCUT2D eigenvalue weighted by molar-refractivity contribution is -0.142. The molecule has 0 saturated carbocycles. The maximum atomic E-state index is 11.2. The zero-order valence-electron chi connectivity index (χ0n) is 11.4. The fourth-order valence-electron chi connectivity index (χ4n) is 2.84. The molecular weight excluding hydrogens is 276 g/mol. The van der Waals surface area contributed by atoms with E-state index in [2.05, 4.69) is 0 Å². The topological polar surface area (TPSA) is 55.8 Å². The molecule has 1 aliphatic rings. The third-order valence-corrected chi connectivity index (χ3v) is 5.09. The van der Waals surface area contributed by atoms with Crippen molar-refractivity contribution < 1.29 is 19.4 Å². The second-order valence-corrected chi connectivity index (χ2v) is 6.12. The van der Waals surface area contributed by atoms with Crippen molar-refractivity contribution in [3.05, 3.63) is 22.6 Å². The Morgan fingerprint density at radius 1 is 1.35 bits per heavy atom. The van der Waals surface area contributed by atoms with Gasteiger partial charge in [-0.3, -0.25) is 4.79 Å².